The molecule has 0 heterocycles. The van der Waals surface area contributed by atoms with E-state index in [-0.39, 0.29) is 23.8 Å². The molecule has 0 unspecified atom stereocenters. The Kier molecular flexibility index (Phi) is 5.13. The molecule has 0 fully saturated rings. The van der Waals surface area contributed by atoms with E-state index in [2.05, 4.69) is 5.32 Å². The van der Waals surface area contributed by atoms with E-state index in [0.717, 1.165) is 0 Å². The molecule has 0 aromatic heterocycles. The van der Waals surface area contributed by atoms with Crippen molar-refractivity contribution in [3.05, 3.63) is 29.6 Å². The maximum Gasteiger partial charge on any atom is 0.219 e. The molecule has 0 atom stereocenters. The second kappa shape index (κ2) is 6.62. The summed E-state index contributed by atoms with van der Waals surface area (Å²) in [6, 6.07) is 4.14. The van der Waals surface area contributed by atoms with Crippen molar-refractivity contribution in [2.24, 2.45) is 0 Å². The lowest BCUT2D eigenvalue weighted by Crippen LogP contribution is -2.18. The molecule has 92 valence electrons. The van der Waals surface area contributed by atoms with Crippen LogP contribution in [0.1, 0.15) is 23.2 Å². The molecule has 0 saturated heterocycles. The Hall–Kier alpha value is -1.91. The molecule has 17 heavy (non-hydrogen) atoms. The molecule has 5 heteroatoms. The summed E-state index contributed by atoms with van der Waals surface area (Å²) in [6.07, 6.45) is 1.31. The Labute approximate surface area is 98.8 Å². The number of rotatable bonds is 6. The largest absolute Gasteiger partial charge is 0.490 e. The zero-order chi connectivity index (χ0) is 12.7. The van der Waals surface area contributed by atoms with Crippen LogP contribution in [0.15, 0.2) is 18.2 Å². The Morgan fingerprint density at radius 2 is 2.29 bits per heavy atom. The van der Waals surface area contributed by atoms with E-state index >= 15 is 0 Å². The maximum absolute atomic E-state index is 13.3. The highest BCUT2D eigenvalue weighted by Crippen LogP contribution is 2.21. The van der Waals surface area contributed by atoms with Crippen molar-refractivity contribution in [3.63, 3.8) is 0 Å². The first kappa shape index (κ1) is 13.2. The number of aldehydes is 1. The van der Waals surface area contributed by atoms with E-state index in [4.69, 9.17) is 4.74 Å². The fourth-order valence-electron chi connectivity index (χ4n) is 1.30. The number of carbonyl (C=O) groups excluding carboxylic acids is 2. The summed E-state index contributed by atoms with van der Waals surface area (Å²) in [4.78, 5) is 21.6. The van der Waals surface area contributed by atoms with Crippen molar-refractivity contribution >= 4 is 12.2 Å². The molecular formula is C12H14FNO3. The van der Waals surface area contributed by atoms with Crippen molar-refractivity contribution in [1.82, 2.24) is 5.32 Å². The SMILES string of the molecule is CNC(=O)CCCOc1c(F)cccc1C=O. The van der Waals surface area contributed by atoms with Gasteiger partial charge in [-0.2, -0.15) is 0 Å². The first-order chi connectivity index (χ1) is 8.19. The van der Waals surface area contributed by atoms with Gasteiger partial charge in [0.1, 0.15) is 0 Å². The van der Waals surface area contributed by atoms with Crippen LogP contribution in [0, 0.1) is 5.82 Å². The van der Waals surface area contributed by atoms with Crippen LogP contribution in [-0.2, 0) is 4.79 Å². The predicted octanol–water partition coefficient (Wildman–Crippen LogP) is 1.54. The lowest BCUT2D eigenvalue weighted by atomic mass is 10.2. The Balaban J connectivity index is 2.51. The topological polar surface area (TPSA) is 55.4 Å². The highest BCUT2D eigenvalue weighted by molar-refractivity contribution is 5.79. The lowest BCUT2D eigenvalue weighted by Gasteiger charge is -2.08. The average molecular weight is 239 g/mol. The van der Waals surface area contributed by atoms with E-state index < -0.39 is 5.82 Å². The minimum absolute atomic E-state index is 0.0561. The number of ether oxygens (including phenoxy) is 1. The molecule has 4 nitrogen and oxygen atoms in total. The number of carbonyl (C=O) groups is 2. The molecular weight excluding hydrogens is 225 g/mol. The standard InChI is InChI=1S/C12H14FNO3/c1-14-11(16)6-3-7-17-12-9(8-15)4-2-5-10(12)13/h2,4-5,8H,3,6-7H2,1H3,(H,14,16). The van der Waals surface area contributed by atoms with E-state index in [1.807, 2.05) is 0 Å². The Morgan fingerprint density at radius 3 is 2.94 bits per heavy atom. The zero-order valence-electron chi connectivity index (χ0n) is 9.53. The molecule has 0 bridgehead atoms. The van der Waals surface area contributed by atoms with Crippen molar-refractivity contribution in [2.75, 3.05) is 13.7 Å². The second-order valence-corrected chi connectivity index (χ2v) is 3.40. The number of amides is 1. The summed E-state index contributed by atoms with van der Waals surface area (Å²) in [5.41, 5.74) is 0.171. The quantitative estimate of drug-likeness (QED) is 0.605. The summed E-state index contributed by atoms with van der Waals surface area (Å²) in [7, 11) is 1.55. The molecule has 0 aliphatic carbocycles. The van der Waals surface area contributed by atoms with Gasteiger partial charge in [-0.05, 0) is 18.6 Å². The van der Waals surface area contributed by atoms with E-state index in [1.54, 1.807) is 7.05 Å². The number of hydrogen-bond acceptors (Lipinski definition) is 3. The van der Waals surface area contributed by atoms with Gasteiger partial charge in [0.25, 0.3) is 0 Å². The van der Waals surface area contributed by atoms with Crippen LogP contribution >= 0.6 is 0 Å². The molecule has 1 N–H and O–H groups in total. The van der Waals surface area contributed by atoms with Crippen LogP contribution in [-0.4, -0.2) is 25.8 Å². The van der Waals surface area contributed by atoms with Gasteiger partial charge >= 0.3 is 0 Å². The van der Waals surface area contributed by atoms with Gasteiger partial charge in [0.2, 0.25) is 5.91 Å². The van der Waals surface area contributed by atoms with E-state index in [0.29, 0.717) is 19.1 Å². The monoisotopic (exact) mass is 239 g/mol. The smallest absolute Gasteiger partial charge is 0.219 e. The van der Waals surface area contributed by atoms with Crippen LogP contribution in [0.3, 0.4) is 0 Å². The van der Waals surface area contributed by atoms with Crippen LogP contribution < -0.4 is 10.1 Å². The van der Waals surface area contributed by atoms with E-state index in [9.17, 15) is 14.0 Å². The molecule has 1 aromatic carbocycles. The molecule has 0 saturated carbocycles. The number of nitrogens with one attached hydrogen (secondary N) is 1. The van der Waals surface area contributed by atoms with Crippen LogP contribution in [0.4, 0.5) is 4.39 Å². The highest BCUT2D eigenvalue weighted by atomic mass is 19.1. The fraction of sp³-hybridized carbons (Fsp3) is 0.333. The first-order valence-corrected chi connectivity index (χ1v) is 5.26. The van der Waals surface area contributed by atoms with E-state index in [1.165, 1.54) is 18.2 Å². The highest BCUT2D eigenvalue weighted by Gasteiger charge is 2.09. The molecule has 0 radical (unpaired) electrons. The molecule has 0 spiro atoms. The average Bonchev–Trinajstić information content (AvgIpc) is 2.35. The number of benzene rings is 1. The number of hydrogen-bond donors (Lipinski definition) is 1. The van der Waals surface area contributed by atoms with Crippen LogP contribution in [0.25, 0.3) is 0 Å². The van der Waals surface area contributed by atoms with Crippen molar-refractivity contribution in [3.8, 4) is 5.75 Å². The normalized spacial score (nSPS) is 9.76. The molecule has 1 amide bonds. The third kappa shape index (κ3) is 3.86. The summed E-state index contributed by atoms with van der Waals surface area (Å²) in [5.74, 6) is -0.730. The Morgan fingerprint density at radius 1 is 1.53 bits per heavy atom. The minimum atomic E-state index is -0.574. The minimum Gasteiger partial charge on any atom is -0.490 e. The summed E-state index contributed by atoms with van der Waals surface area (Å²) >= 11 is 0. The van der Waals surface area contributed by atoms with Gasteiger partial charge in [0.05, 0.1) is 12.2 Å². The summed E-state index contributed by atoms with van der Waals surface area (Å²) in [6.45, 7) is 0.190. The molecule has 0 aliphatic heterocycles. The van der Waals surface area contributed by atoms with Gasteiger partial charge in [0, 0.05) is 13.5 Å². The van der Waals surface area contributed by atoms with Gasteiger partial charge in [-0.3, -0.25) is 9.59 Å². The van der Waals surface area contributed by atoms with Gasteiger partial charge < -0.3 is 10.1 Å². The lowest BCUT2D eigenvalue weighted by molar-refractivity contribution is -0.120. The van der Waals surface area contributed by atoms with Crippen LogP contribution in [0.5, 0.6) is 5.75 Å². The third-order valence-corrected chi connectivity index (χ3v) is 2.20. The Bertz CT molecular complexity index is 407. The zero-order valence-corrected chi connectivity index (χ0v) is 9.53. The van der Waals surface area contributed by atoms with Gasteiger partial charge in [-0.15, -0.1) is 0 Å². The molecule has 1 rings (SSSR count). The van der Waals surface area contributed by atoms with Crippen LogP contribution in [0.2, 0.25) is 0 Å². The molecule has 0 aliphatic rings. The predicted molar refractivity (Wildman–Crippen MR) is 60.6 cm³/mol. The summed E-state index contributed by atoms with van der Waals surface area (Å²) in [5, 5.41) is 2.47. The summed E-state index contributed by atoms with van der Waals surface area (Å²) < 4.78 is 18.5. The number of halogens is 1. The number of para-hydroxylation sites is 1. The van der Waals surface area contributed by atoms with Gasteiger partial charge in [-0.1, -0.05) is 6.07 Å². The first-order valence-electron chi connectivity index (χ1n) is 5.26. The molecule has 1 aromatic rings. The van der Waals surface area contributed by atoms with Crippen molar-refractivity contribution in [2.45, 2.75) is 12.8 Å². The fourth-order valence-corrected chi connectivity index (χ4v) is 1.30. The maximum atomic E-state index is 13.3. The third-order valence-electron chi connectivity index (χ3n) is 2.20. The second-order valence-electron chi connectivity index (χ2n) is 3.40. The van der Waals surface area contributed by atoms with Crippen molar-refractivity contribution in [1.29, 1.82) is 0 Å². The van der Waals surface area contributed by atoms with Gasteiger partial charge in [0.15, 0.2) is 17.9 Å². The van der Waals surface area contributed by atoms with Gasteiger partial charge in [-0.25, -0.2) is 4.39 Å². The van der Waals surface area contributed by atoms with Crippen molar-refractivity contribution < 1.29 is 18.7 Å².